The highest BCUT2D eigenvalue weighted by Crippen LogP contribution is 2.27. The maximum absolute atomic E-state index is 12.2. The average molecular weight is 358 g/mol. The van der Waals surface area contributed by atoms with Crippen LogP contribution in [-0.2, 0) is 0 Å². The van der Waals surface area contributed by atoms with Crippen molar-refractivity contribution in [3.8, 4) is 5.69 Å². The van der Waals surface area contributed by atoms with E-state index in [0.717, 1.165) is 5.69 Å². The van der Waals surface area contributed by atoms with Crippen molar-refractivity contribution in [1.82, 2.24) is 9.55 Å². The summed E-state index contributed by atoms with van der Waals surface area (Å²) in [5, 5.41) is 16.2. The Morgan fingerprint density at radius 1 is 1.20 bits per heavy atom. The van der Waals surface area contributed by atoms with Crippen LogP contribution >= 0.6 is 11.6 Å². The highest BCUT2D eigenvalue weighted by atomic mass is 35.5. The molecule has 3 aromatic rings. The predicted molar refractivity (Wildman–Crippen MR) is 94.3 cm³/mol. The first-order valence-electron chi connectivity index (χ1n) is 7.14. The minimum Gasteiger partial charge on any atom is -0.307 e. The van der Waals surface area contributed by atoms with Crippen LogP contribution in [0.5, 0.6) is 0 Å². The van der Waals surface area contributed by atoms with E-state index in [1.54, 1.807) is 35.4 Å². The molecule has 0 aliphatic carbocycles. The SMILES string of the molecule is O=C(Nc1ccc(Cl)c([N+](=O)[O-])c1)Nc1ccccc1-n1ccnc1. The third-order valence-corrected chi connectivity index (χ3v) is 3.66. The van der Waals surface area contributed by atoms with Crippen molar-refractivity contribution in [3.05, 3.63) is 76.3 Å². The van der Waals surface area contributed by atoms with Crippen molar-refractivity contribution in [2.75, 3.05) is 10.6 Å². The number of nitro benzene ring substituents is 1. The number of rotatable bonds is 4. The second kappa shape index (κ2) is 7.02. The van der Waals surface area contributed by atoms with Gasteiger partial charge >= 0.3 is 6.03 Å². The van der Waals surface area contributed by atoms with Gasteiger partial charge in [-0.3, -0.25) is 10.1 Å². The van der Waals surface area contributed by atoms with E-state index >= 15 is 0 Å². The first-order valence-corrected chi connectivity index (χ1v) is 7.51. The van der Waals surface area contributed by atoms with Gasteiger partial charge in [0.05, 0.1) is 22.6 Å². The topological polar surface area (TPSA) is 102 Å². The molecule has 8 nitrogen and oxygen atoms in total. The first kappa shape index (κ1) is 16.5. The number of aromatic nitrogens is 2. The molecule has 2 aromatic carbocycles. The molecule has 0 spiro atoms. The summed E-state index contributed by atoms with van der Waals surface area (Å²) in [5.41, 5.74) is 1.27. The van der Waals surface area contributed by atoms with E-state index in [9.17, 15) is 14.9 Å². The number of hydrogen-bond donors (Lipinski definition) is 2. The summed E-state index contributed by atoms with van der Waals surface area (Å²) in [6.07, 6.45) is 4.99. The van der Waals surface area contributed by atoms with Crippen molar-refractivity contribution in [1.29, 1.82) is 0 Å². The van der Waals surface area contributed by atoms with Gasteiger partial charge in [-0.2, -0.15) is 0 Å². The number of carbonyl (C=O) groups is 1. The first-order chi connectivity index (χ1) is 12.0. The lowest BCUT2D eigenvalue weighted by molar-refractivity contribution is -0.384. The van der Waals surface area contributed by atoms with E-state index in [2.05, 4.69) is 15.6 Å². The largest absolute Gasteiger partial charge is 0.323 e. The Morgan fingerprint density at radius 2 is 2.00 bits per heavy atom. The van der Waals surface area contributed by atoms with Gasteiger partial charge in [-0.25, -0.2) is 9.78 Å². The van der Waals surface area contributed by atoms with E-state index in [1.165, 1.54) is 18.2 Å². The lowest BCUT2D eigenvalue weighted by Crippen LogP contribution is -2.20. The molecule has 0 aliphatic heterocycles. The number of urea groups is 1. The fourth-order valence-corrected chi connectivity index (χ4v) is 2.41. The maximum Gasteiger partial charge on any atom is 0.323 e. The van der Waals surface area contributed by atoms with Gasteiger partial charge in [0.15, 0.2) is 0 Å². The zero-order chi connectivity index (χ0) is 17.8. The number of nitrogens with one attached hydrogen (secondary N) is 2. The fraction of sp³-hybridized carbons (Fsp3) is 0. The molecule has 2 amide bonds. The van der Waals surface area contributed by atoms with Gasteiger partial charge < -0.3 is 15.2 Å². The van der Waals surface area contributed by atoms with Gasteiger partial charge in [0, 0.05) is 24.1 Å². The smallest absolute Gasteiger partial charge is 0.307 e. The van der Waals surface area contributed by atoms with Crippen LogP contribution in [0.4, 0.5) is 21.9 Å². The molecule has 0 saturated heterocycles. The van der Waals surface area contributed by atoms with Crippen molar-refractivity contribution < 1.29 is 9.72 Å². The molecule has 0 radical (unpaired) electrons. The van der Waals surface area contributed by atoms with Crippen molar-refractivity contribution in [2.45, 2.75) is 0 Å². The van der Waals surface area contributed by atoms with E-state index in [1.807, 2.05) is 12.1 Å². The van der Waals surface area contributed by atoms with E-state index in [4.69, 9.17) is 11.6 Å². The lowest BCUT2D eigenvalue weighted by Gasteiger charge is -2.12. The van der Waals surface area contributed by atoms with Gasteiger partial charge in [0.2, 0.25) is 0 Å². The molecule has 25 heavy (non-hydrogen) atoms. The van der Waals surface area contributed by atoms with Gasteiger partial charge in [-0.05, 0) is 24.3 Å². The molecule has 0 bridgehead atoms. The number of anilines is 2. The number of nitrogens with zero attached hydrogens (tertiary/aromatic N) is 3. The molecular formula is C16H12ClN5O3. The number of carbonyl (C=O) groups excluding carboxylic acids is 1. The van der Waals surface area contributed by atoms with E-state index < -0.39 is 11.0 Å². The summed E-state index contributed by atoms with van der Waals surface area (Å²) in [5.74, 6) is 0. The van der Waals surface area contributed by atoms with Crippen LogP contribution in [0.2, 0.25) is 5.02 Å². The molecule has 0 fully saturated rings. The Morgan fingerprint density at radius 3 is 2.72 bits per heavy atom. The van der Waals surface area contributed by atoms with Crippen LogP contribution in [0.1, 0.15) is 0 Å². The van der Waals surface area contributed by atoms with Crippen LogP contribution in [0.15, 0.2) is 61.2 Å². The van der Waals surface area contributed by atoms with Gasteiger partial charge in [0.25, 0.3) is 5.69 Å². The molecule has 3 rings (SSSR count). The minimum absolute atomic E-state index is 0.00131. The quantitative estimate of drug-likeness (QED) is 0.542. The number of halogens is 1. The standard InChI is InChI=1S/C16H12ClN5O3/c17-12-6-5-11(9-15(12)22(24)25)19-16(23)20-13-3-1-2-4-14(13)21-8-7-18-10-21/h1-10H,(H2,19,20,23). The fourth-order valence-electron chi connectivity index (χ4n) is 2.22. The summed E-state index contributed by atoms with van der Waals surface area (Å²) >= 11 is 5.76. The molecule has 0 saturated carbocycles. The predicted octanol–water partition coefficient (Wildman–Crippen LogP) is 4.08. The van der Waals surface area contributed by atoms with Crippen LogP contribution in [-0.4, -0.2) is 20.5 Å². The monoisotopic (exact) mass is 357 g/mol. The molecule has 9 heteroatoms. The van der Waals surface area contributed by atoms with Gasteiger partial charge in [-0.1, -0.05) is 23.7 Å². The number of hydrogen-bond acceptors (Lipinski definition) is 4. The van der Waals surface area contributed by atoms with Crippen molar-refractivity contribution in [2.24, 2.45) is 0 Å². The Kier molecular flexibility index (Phi) is 4.62. The summed E-state index contributed by atoms with van der Waals surface area (Å²) in [6, 6.07) is 10.7. The Balaban J connectivity index is 1.78. The number of benzene rings is 2. The van der Waals surface area contributed by atoms with Crippen LogP contribution in [0, 0.1) is 10.1 Å². The van der Waals surface area contributed by atoms with Crippen molar-refractivity contribution in [3.63, 3.8) is 0 Å². The van der Waals surface area contributed by atoms with E-state index in [0.29, 0.717) is 5.69 Å². The zero-order valence-electron chi connectivity index (χ0n) is 12.7. The average Bonchev–Trinajstić information content (AvgIpc) is 3.11. The van der Waals surface area contributed by atoms with Gasteiger partial charge in [-0.15, -0.1) is 0 Å². The molecule has 1 heterocycles. The Labute approximate surface area is 147 Å². The maximum atomic E-state index is 12.2. The number of imidazole rings is 1. The molecule has 2 N–H and O–H groups in total. The zero-order valence-corrected chi connectivity index (χ0v) is 13.5. The highest BCUT2D eigenvalue weighted by Gasteiger charge is 2.14. The number of amides is 2. The Hall–Kier alpha value is -3.39. The van der Waals surface area contributed by atoms with Crippen LogP contribution in [0.25, 0.3) is 5.69 Å². The summed E-state index contributed by atoms with van der Waals surface area (Å²) < 4.78 is 1.75. The number of para-hydroxylation sites is 2. The highest BCUT2D eigenvalue weighted by molar-refractivity contribution is 6.32. The van der Waals surface area contributed by atoms with Crippen LogP contribution < -0.4 is 10.6 Å². The summed E-state index contributed by atoms with van der Waals surface area (Å²) in [7, 11) is 0. The normalized spacial score (nSPS) is 10.3. The minimum atomic E-state index is -0.611. The van der Waals surface area contributed by atoms with Gasteiger partial charge in [0.1, 0.15) is 5.02 Å². The lowest BCUT2D eigenvalue weighted by atomic mass is 10.2. The third-order valence-electron chi connectivity index (χ3n) is 3.34. The van der Waals surface area contributed by atoms with E-state index in [-0.39, 0.29) is 16.4 Å². The molecule has 126 valence electrons. The summed E-state index contributed by atoms with van der Waals surface area (Å²) in [6.45, 7) is 0. The molecule has 0 aliphatic rings. The second-order valence-electron chi connectivity index (χ2n) is 4.99. The molecule has 0 unspecified atom stereocenters. The summed E-state index contributed by atoms with van der Waals surface area (Å²) in [4.78, 5) is 26.5. The molecule has 1 aromatic heterocycles. The molecular weight excluding hydrogens is 346 g/mol. The Bertz CT molecular complexity index is 927. The second-order valence-corrected chi connectivity index (χ2v) is 5.40. The molecule has 0 atom stereocenters. The third kappa shape index (κ3) is 3.75. The number of nitro groups is 1. The van der Waals surface area contributed by atoms with Crippen molar-refractivity contribution >= 4 is 34.7 Å². The van der Waals surface area contributed by atoms with Crippen LogP contribution in [0.3, 0.4) is 0 Å².